The van der Waals surface area contributed by atoms with E-state index < -0.39 is 0 Å². The van der Waals surface area contributed by atoms with Crippen molar-refractivity contribution in [3.05, 3.63) is 9.26 Å². The molecule has 1 heterocycles. The molecule has 0 aliphatic carbocycles. The second-order valence-electron chi connectivity index (χ2n) is 4.05. The molecule has 0 atom stereocenters. The van der Waals surface area contributed by atoms with Crippen LogP contribution in [-0.4, -0.2) is 16.9 Å². The number of aromatic nitrogens is 2. The van der Waals surface area contributed by atoms with Gasteiger partial charge >= 0.3 is 0 Å². The van der Waals surface area contributed by atoms with Crippen LogP contribution in [0.15, 0.2) is 0 Å². The summed E-state index contributed by atoms with van der Waals surface area (Å²) in [6.45, 7) is 6.48. The first-order valence-corrected chi connectivity index (χ1v) is 5.22. The van der Waals surface area contributed by atoms with Crippen LogP contribution in [0.3, 0.4) is 0 Å². The summed E-state index contributed by atoms with van der Waals surface area (Å²) in [7, 11) is 3.58. The lowest BCUT2D eigenvalue weighted by Crippen LogP contribution is -2.13. The smallest absolute Gasteiger partial charge is 0.216 e. The van der Waals surface area contributed by atoms with Crippen LogP contribution in [0.2, 0.25) is 0 Å². The number of hydrogen-bond acceptors (Lipinski definition) is 2. The molecule has 0 saturated heterocycles. The zero-order valence-corrected chi connectivity index (χ0v) is 10.8. The van der Waals surface area contributed by atoms with Gasteiger partial charge in [-0.2, -0.15) is 5.10 Å². The van der Waals surface area contributed by atoms with Crippen LogP contribution in [0, 0.1) is 3.70 Å². The molecule has 0 unspecified atom stereocenters. The van der Waals surface area contributed by atoms with E-state index in [1.807, 2.05) is 7.05 Å². The molecule has 74 valence electrons. The number of nitrogens with zero attached hydrogens (tertiary/aromatic N) is 2. The highest BCUT2D eigenvalue weighted by Gasteiger charge is 2.26. The molecule has 13 heavy (non-hydrogen) atoms. The molecular weight excluding hydrogens is 279 g/mol. The Bertz CT molecular complexity index is 312. The van der Waals surface area contributed by atoms with Crippen molar-refractivity contribution in [1.82, 2.24) is 9.78 Å². The maximum atomic E-state index is 5.32. The van der Waals surface area contributed by atoms with Gasteiger partial charge < -0.3 is 4.74 Å². The summed E-state index contributed by atoms with van der Waals surface area (Å²) in [6, 6.07) is 0. The van der Waals surface area contributed by atoms with Crippen LogP contribution in [0.25, 0.3) is 0 Å². The predicted octanol–water partition coefficient (Wildman–Crippen LogP) is 2.33. The summed E-state index contributed by atoms with van der Waals surface area (Å²) in [6.07, 6.45) is 0. The standard InChI is InChI=1S/C9H15IN2O/c1-9(2,3)6-7(10)11-12(4)8(6)13-5/h1-5H3. The molecule has 0 aromatic carbocycles. The summed E-state index contributed by atoms with van der Waals surface area (Å²) >= 11 is 2.24. The first-order valence-electron chi connectivity index (χ1n) is 4.15. The number of halogens is 1. The fraction of sp³-hybridized carbons (Fsp3) is 0.667. The van der Waals surface area contributed by atoms with Gasteiger partial charge in [-0.25, -0.2) is 4.68 Å². The Kier molecular flexibility index (Phi) is 2.89. The molecule has 0 amide bonds. The Labute approximate surface area is 92.6 Å². The van der Waals surface area contributed by atoms with E-state index in [4.69, 9.17) is 4.74 Å². The molecule has 0 N–H and O–H groups in total. The second-order valence-corrected chi connectivity index (χ2v) is 5.07. The molecule has 0 aliphatic heterocycles. The first-order chi connectivity index (χ1) is 5.88. The fourth-order valence-electron chi connectivity index (χ4n) is 1.34. The van der Waals surface area contributed by atoms with Gasteiger partial charge in [-0.15, -0.1) is 0 Å². The summed E-state index contributed by atoms with van der Waals surface area (Å²) in [4.78, 5) is 0. The van der Waals surface area contributed by atoms with E-state index in [1.54, 1.807) is 11.8 Å². The van der Waals surface area contributed by atoms with Crippen molar-refractivity contribution in [3.8, 4) is 5.88 Å². The van der Waals surface area contributed by atoms with Gasteiger partial charge in [0.2, 0.25) is 5.88 Å². The Hall–Kier alpha value is -0.260. The molecule has 4 heteroatoms. The van der Waals surface area contributed by atoms with Crippen molar-refractivity contribution < 1.29 is 4.74 Å². The number of ether oxygens (including phenoxy) is 1. The fourth-order valence-corrected chi connectivity index (χ4v) is 2.70. The zero-order valence-electron chi connectivity index (χ0n) is 8.68. The van der Waals surface area contributed by atoms with E-state index in [1.165, 1.54) is 5.56 Å². The van der Waals surface area contributed by atoms with Gasteiger partial charge in [0, 0.05) is 7.05 Å². The van der Waals surface area contributed by atoms with Crippen molar-refractivity contribution in [2.24, 2.45) is 7.05 Å². The number of aryl methyl sites for hydroxylation is 1. The molecule has 1 aromatic heterocycles. The number of hydrogen-bond donors (Lipinski definition) is 0. The van der Waals surface area contributed by atoms with Gasteiger partial charge in [0.15, 0.2) is 0 Å². The third-order valence-electron chi connectivity index (χ3n) is 1.90. The van der Waals surface area contributed by atoms with Crippen molar-refractivity contribution in [3.63, 3.8) is 0 Å². The molecule has 0 radical (unpaired) electrons. The number of methoxy groups -OCH3 is 1. The highest BCUT2D eigenvalue weighted by molar-refractivity contribution is 14.1. The summed E-state index contributed by atoms with van der Waals surface area (Å²) in [5.74, 6) is 0.858. The normalized spacial score (nSPS) is 11.8. The van der Waals surface area contributed by atoms with Crippen LogP contribution >= 0.6 is 22.6 Å². The minimum atomic E-state index is 0.0795. The van der Waals surface area contributed by atoms with Crippen molar-refractivity contribution >= 4 is 22.6 Å². The summed E-state index contributed by atoms with van der Waals surface area (Å²) in [5, 5.41) is 4.33. The van der Waals surface area contributed by atoms with Crippen LogP contribution in [0.4, 0.5) is 0 Å². The van der Waals surface area contributed by atoms with Gasteiger partial charge in [0.1, 0.15) is 3.70 Å². The molecule has 1 aromatic rings. The average molecular weight is 294 g/mol. The minimum absolute atomic E-state index is 0.0795. The maximum Gasteiger partial charge on any atom is 0.216 e. The van der Waals surface area contributed by atoms with Crippen LogP contribution in [0.5, 0.6) is 5.88 Å². The lowest BCUT2D eigenvalue weighted by Gasteiger charge is -2.18. The Morgan fingerprint density at radius 3 is 2.23 bits per heavy atom. The van der Waals surface area contributed by atoms with Crippen molar-refractivity contribution in [2.45, 2.75) is 26.2 Å². The quantitative estimate of drug-likeness (QED) is 0.743. The molecule has 0 fully saturated rings. The zero-order chi connectivity index (χ0) is 10.2. The Morgan fingerprint density at radius 1 is 1.38 bits per heavy atom. The van der Waals surface area contributed by atoms with Gasteiger partial charge in [-0.1, -0.05) is 20.8 Å². The molecule has 3 nitrogen and oxygen atoms in total. The van der Waals surface area contributed by atoms with Crippen molar-refractivity contribution in [1.29, 1.82) is 0 Å². The van der Waals surface area contributed by atoms with Gasteiger partial charge in [0.25, 0.3) is 0 Å². The Balaban J connectivity index is 3.34. The molecule has 1 rings (SSSR count). The molecule has 0 spiro atoms. The van der Waals surface area contributed by atoms with E-state index in [0.29, 0.717) is 0 Å². The van der Waals surface area contributed by atoms with E-state index in [2.05, 4.69) is 48.5 Å². The predicted molar refractivity (Wildman–Crippen MR) is 61.2 cm³/mol. The summed E-state index contributed by atoms with van der Waals surface area (Å²) in [5.41, 5.74) is 1.26. The average Bonchev–Trinajstić information content (AvgIpc) is 2.23. The maximum absolute atomic E-state index is 5.32. The topological polar surface area (TPSA) is 27.1 Å². The highest BCUT2D eigenvalue weighted by atomic mass is 127. The van der Waals surface area contributed by atoms with E-state index in [-0.39, 0.29) is 5.41 Å². The molecule has 0 aliphatic rings. The van der Waals surface area contributed by atoms with Gasteiger partial charge in [-0.05, 0) is 28.0 Å². The third kappa shape index (κ3) is 1.98. The Morgan fingerprint density at radius 2 is 1.92 bits per heavy atom. The van der Waals surface area contributed by atoms with Gasteiger partial charge in [0.05, 0.1) is 12.7 Å². The highest BCUT2D eigenvalue weighted by Crippen LogP contribution is 2.34. The van der Waals surface area contributed by atoms with E-state index >= 15 is 0 Å². The van der Waals surface area contributed by atoms with Gasteiger partial charge in [-0.3, -0.25) is 0 Å². The van der Waals surface area contributed by atoms with E-state index in [0.717, 1.165) is 9.58 Å². The monoisotopic (exact) mass is 294 g/mol. The van der Waals surface area contributed by atoms with E-state index in [9.17, 15) is 0 Å². The first kappa shape index (κ1) is 10.8. The van der Waals surface area contributed by atoms with Crippen LogP contribution in [-0.2, 0) is 12.5 Å². The van der Waals surface area contributed by atoms with Crippen molar-refractivity contribution in [2.75, 3.05) is 7.11 Å². The largest absolute Gasteiger partial charge is 0.481 e. The minimum Gasteiger partial charge on any atom is -0.481 e. The molecule has 0 bridgehead atoms. The molecule has 0 saturated carbocycles. The summed E-state index contributed by atoms with van der Waals surface area (Å²) < 4.78 is 8.12. The third-order valence-corrected chi connectivity index (χ3v) is 2.65. The van der Waals surface area contributed by atoms with Crippen LogP contribution in [0.1, 0.15) is 26.3 Å². The number of rotatable bonds is 1. The second kappa shape index (κ2) is 3.48. The van der Waals surface area contributed by atoms with Crippen LogP contribution < -0.4 is 4.74 Å². The lowest BCUT2D eigenvalue weighted by atomic mass is 9.89. The SMILES string of the molecule is COc1c(C(C)(C)C)c(I)nn1C. The molecular formula is C9H15IN2O. The lowest BCUT2D eigenvalue weighted by molar-refractivity contribution is 0.361.